The minimum atomic E-state index is -4.18. The summed E-state index contributed by atoms with van der Waals surface area (Å²) in [6.45, 7) is 0.944. The highest BCUT2D eigenvalue weighted by Crippen LogP contribution is 2.50. The normalized spacial score (nSPS) is 22.2. The summed E-state index contributed by atoms with van der Waals surface area (Å²) >= 11 is 5.83. The minimum Gasteiger partial charge on any atom is -0.404 e. The first-order valence-electron chi connectivity index (χ1n) is 9.57. The van der Waals surface area contributed by atoms with E-state index in [-0.39, 0.29) is 31.8 Å². The Bertz CT molecular complexity index is 1140. The minimum absolute atomic E-state index is 0.0387. The Morgan fingerprint density at radius 2 is 2.06 bits per heavy atom. The number of aliphatic hydroxyl groups is 1. The summed E-state index contributed by atoms with van der Waals surface area (Å²) in [4.78, 5) is 25.8. The van der Waals surface area contributed by atoms with Gasteiger partial charge in [0.15, 0.2) is 0 Å². The Hall–Kier alpha value is -2.45. The standard InChI is InChI=1S/C19H21ClN3O8P/c1-12-10-23(19(26)22-18(12)25)17-9-15(24)16(30-17)11-29-32(27,28-8-2-7-21)31-14-5-3-13(20)4-6-14/h3-6,10,15-17,24H,2,8-9,11H2,1H3,(H,22,25,26)/t15-,16+,17-,32+/m0/s1. The second-order valence-electron chi connectivity index (χ2n) is 6.94. The molecular formula is C19H21ClN3O8P. The number of phosphoric ester groups is 1. The number of halogens is 1. The van der Waals surface area contributed by atoms with Crippen LogP contribution in [-0.4, -0.2) is 40.1 Å². The van der Waals surface area contributed by atoms with Crippen molar-refractivity contribution in [1.82, 2.24) is 9.55 Å². The second kappa shape index (κ2) is 10.4. The van der Waals surface area contributed by atoms with Gasteiger partial charge in [0, 0.05) is 23.2 Å². The van der Waals surface area contributed by atoms with Gasteiger partial charge < -0.3 is 14.4 Å². The van der Waals surface area contributed by atoms with Crippen LogP contribution in [0.3, 0.4) is 0 Å². The van der Waals surface area contributed by atoms with Gasteiger partial charge in [-0.3, -0.25) is 23.4 Å². The topological polar surface area (TPSA) is 153 Å². The van der Waals surface area contributed by atoms with E-state index in [0.717, 1.165) is 4.57 Å². The van der Waals surface area contributed by atoms with E-state index < -0.39 is 37.5 Å². The molecule has 3 rings (SSSR count). The van der Waals surface area contributed by atoms with Crippen molar-refractivity contribution < 1.29 is 28.0 Å². The van der Waals surface area contributed by atoms with Crippen LogP contribution in [0.5, 0.6) is 5.75 Å². The summed E-state index contributed by atoms with van der Waals surface area (Å²) in [5.41, 5.74) is -0.899. The molecule has 0 spiro atoms. The largest absolute Gasteiger partial charge is 0.530 e. The molecule has 0 radical (unpaired) electrons. The van der Waals surface area contributed by atoms with Crippen molar-refractivity contribution in [3.05, 3.63) is 61.9 Å². The van der Waals surface area contributed by atoms with E-state index >= 15 is 0 Å². The van der Waals surface area contributed by atoms with Crippen LogP contribution >= 0.6 is 19.4 Å². The number of aromatic amines is 1. The van der Waals surface area contributed by atoms with Gasteiger partial charge in [0.2, 0.25) is 0 Å². The number of hydrogen-bond acceptors (Lipinski definition) is 9. The molecule has 1 aromatic carbocycles. The molecule has 2 aromatic rings. The van der Waals surface area contributed by atoms with Gasteiger partial charge in [-0.25, -0.2) is 9.36 Å². The van der Waals surface area contributed by atoms with Crippen molar-refractivity contribution in [1.29, 1.82) is 5.26 Å². The number of rotatable bonds is 9. The van der Waals surface area contributed by atoms with Crippen molar-refractivity contribution in [2.24, 2.45) is 0 Å². The van der Waals surface area contributed by atoms with Gasteiger partial charge in [-0.15, -0.1) is 0 Å². The van der Waals surface area contributed by atoms with Crippen molar-refractivity contribution in [2.45, 2.75) is 38.2 Å². The van der Waals surface area contributed by atoms with Crippen molar-refractivity contribution >= 4 is 19.4 Å². The van der Waals surface area contributed by atoms with Crippen LogP contribution in [0.25, 0.3) is 0 Å². The molecular weight excluding hydrogens is 465 g/mol. The predicted molar refractivity (Wildman–Crippen MR) is 112 cm³/mol. The van der Waals surface area contributed by atoms with Crippen molar-refractivity contribution in [3.63, 3.8) is 0 Å². The zero-order valence-electron chi connectivity index (χ0n) is 17.0. The number of H-pyrrole nitrogens is 1. The summed E-state index contributed by atoms with van der Waals surface area (Å²) in [6.07, 6.45) is -1.55. The van der Waals surface area contributed by atoms with Crippen molar-refractivity contribution in [2.75, 3.05) is 13.2 Å². The van der Waals surface area contributed by atoms with E-state index in [9.17, 15) is 19.3 Å². The number of aliphatic hydroxyl groups excluding tert-OH is 1. The Morgan fingerprint density at radius 3 is 2.75 bits per heavy atom. The molecule has 0 bridgehead atoms. The van der Waals surface area contributed by atoms with Crippen LogP contribution in [0, 0.1) is 18.3 Å². The third-order valence-electron chi connectivity index (χ3n) is 4.55. The number of nitrogens with one attached hydrogen (secondary N) is 1. The summed E-state index contributed by atoms with van der Waals surface area (Å²) in [5, 5.41) is 19.5. The van der Waals surface area contributed by atoms with Crippen LogP contribution < -0.4 is 15.8 Å². The number of nitrogens with zero attached hydrogens (tertiary/aromatic N) is 2. The van der Waals surface area contributed by atoms with Crippen LogP contribution in [-0.2, 0) is 18.3 Å². The molecule has 2 N–H and O–H groups in total. The van der Waals surface area contributed by atoms with E-state index in [1.807, 2.05) is 6.07 Å². The molecule has 172 valence electrons. The number of nitriles is 1. The number of ether oxygens (including phenoxy) is 1. The first kappa shape index (κ1) is 24.2. The highest BCUT2D eigenvalue weighted by atomic mass is 35.5. The summed E-state index contributed by atoms with van der Waals surface area (Å²) < 4.78 is 35.8. The molecule has 11 nitrogen and oxygen atoms in total. The monoisotopic (exact) mass is 485 g/mol. The number of hydrogen-bond donors (Lipinski definition) is 2. The van der Waals surface area contributed by atoms with Gasteiger partial charge in [-0.05, 0) is 31.2 Å². The summed E-state index contributed by atoms with van der Waals surface area (Å²) in [5.74, 6) is 0.163. The Kier molecular flexibility index (Phi) is 7.90. The lowest BCUT2D eigenvalue weighted by Gasteiger charge is -2.21. The maximum atomic E-state index is 13.1. The molecule has 13 heteroatoms. The third kappa shape index (κ3) is 6.07. The Labute approximate surface area is 187 Å². The molecule has 1 fully saturated rings. The summed E-state index contributed by atoms with van der Waals surface area (Å²) in [6, 6.07) is 7.83. The third-order valence-corrected chi connectivity index (χ3v) is 6.20. The van der Waals surface area contributed by atoms with E-state index in [0.29, 0.717) is 10.6 Å². The lowest BCUT2D eigenvalue weighted by atomic mass is 10.2. The van der Waals surface area contributed by atoms with Crippen LogP contribution in [0.4, 0.5) is 0 Å². The van der Waals surface area contributed by atoms with Gasteiger partial charge >= 0.3 is 13.5 Å². The summed E-state index contributed by atoms with van der Waals surface area (Å²) in [7, 11) is -4.18. The van der Waals surface area contributed by atoms with Crippen LogP contribution in [0.2, 0.25) is 5.02 Å². The van der Waals surface area contributed by atoms with Gasteiger partial charge in [-0.2, -0.15) is 5.26 Å². The molecule has 2 heterocycles. The Morgan fingerprint density at radius 1 is 1.34 bits per heavy atom. The van der Waals surface area contributed by atoms with Gasteiger partial charge in [0.1, 0.15) is 18.1 Å². The second-order valence-corrected chi connectivity index (χ2v) is 8.97. The number of aryl methyl sites for hydroxylation is 1. The number of phosphoric acid groups is 1. The average Bonchev–Trinajstić information content (AvgIpc) is 3.11. The molecule has 0 amide bonds. The zero-order valence-corrected chi connectivity index (χ0v) is 18.6. The molecule has 1 aliphatic heterocycles. The van der Waals surface area contributed by atoms with Crippen LogP contribution in [0.15, 0.2) is 40.1 Å². The highest BCUT2D eigenvalue weighted by molar-refractivity contribution is 7.48. The molecule has 4 atom stereocenters. The smallest absolute Gasteiger partial charge is 0.404 e. The van der Waals surface area contributed by atoms with Crippen LogP contribution in [0.1, 0.15) is 24.6 Å². The quantitative estimate of drug-likeness (QED) is 0.402. The van der Waals surface area contributed by atoms with E-state index in [2.05, 4.69) is 4.98 Å². The maximum Gasteiger partial charge on any atom is 0.530 e. The van der Waals surface area contributed by atoms with E-state index in [4.69, 9.17) is 35.2 Å². The fourth-order valence-corrected chi connectivity index (χ4v) is 4.25. The first-order valence-corrected chi connectivity index (χ1v) is 11.4. The lowest BCUT2D eigenvalue weighted by molar-refractivity contribution is -0.0460. The molecule has 1 aliphatic rings. The van der Waals surface area contributed by atoms with Gasteiger partial charge in [0.25, 0.3) is 5.56 Å². The number of benzene rings is 1. The maximum absolute atomic E-state index is 13.1. The average molecular weight is 486 g/mol. The molecule has 1 aromatic heterocycles. The zero-order chi connectivity index (χ0) is 23.3. The Balaban J connectivity index is 1.69. The highest BCUT2D eigenvalue weighted by Gasteiger charge is 2.39. The first-order chi connectivity index (χ1) is 15.2. The molecule has 32 heavy (non-hydrogen) atoms. The molecule has 0 aliphatic carbocycles. The van der Waals surface area contributed by atoms with E-state index in [1.165, 1.54) is 37.4 Å². The number of aromatic nitrogens is 2. The van der Waals surface area contributed by atoms with Gasteiger partial charge in [-0.1, -0.05) is 11.6 Å². The SMILES string of the molecule is Cc1cn([C@@H]2C[C@H](O)[C@@H](CO[P@@](=O)(OCCC#N)Oc3ccc(Cl)cc3)O2)c(=O)[nH]c1=O. The van der Waals surface area contributed by atoms with Crippen molar-refractivity contribution in [3.8, 4) is 11.8 Å². The lowest BCUT2D eigenvalue weighted by Crippen LogP contribution is -2.33. The molecule has 1 saturated heterocycles. The molecule has 0 unspecified atom stereocenters. The fourth-order valence-electron chi connectivity index (χ4n) is 2.92. The van der Waals surface area contributed by atoms with E-state index in [1.54, 1.807) is 0 Å². The predicted octanol–water partition coefficient (Wildman–Crippen LogP) is 2.28. The van der Waals surface area contributed by atoms with Gasteiger partial charge in [0.05, 0.1) is 31.8 Å². The molecule has 0 saturated carbocycles. The fraction of sp³-hybridized carbons (Fsp3) is 0.421.